The molecule has 0 bridgehead atoms. The second kappa shape index (κ2) is 7.29. The molecule has 150 valence electrons. The van der Waals surface area contributed by atoms with Crippen molar-refractivity contribution in [3.05, 3.63) is 29.7 Å². The van der Waals surface area contributed by atoms with Gasteiger partial charge in [-0.1, -0.05) is 0 Å². The number of aromatic amines is 1. The molecule has 0 unspecified atom stereocenters. The Hall–Kier alpha value is -2.84. The predicted molar refractivity (Wildman–Crippen MR) is 102 cm³/mol. The molecule has 0 saturated heterocycles. The number of amides is 2. The molecule has 2 atom stereocenters. The Labute approximate surface area is 163 Å². The zero-order valence-electron chi connectivity index (χ0n) is 16.2. The Balaban J connectivity index is 1.26. The van der Waals surface area contributed by atoms with Gasteiger partial charge in [-0.25, -0.2) is 4.79 Å². The number of H-pyrrole nitrogens is 1. The normalized spacial score (nSPS) is 22.6. The molecule has 0 radical (unpaired) electrons. The number of nitrogens with zero attached hydrogens (tertiary/aromatic N) is 3. The van der Waals surface area contributed by atoms with Crippen molar-refractivity contribution in [2.24, 2.45) is 7.05 Å². The molecule has 2 aliphatic rings. The van der Waals surface area contributed by atoms with Gasteiger partial charge in [0.05, 0.1) is 12.1 Å². The van der Waals surface area contributed by atoms with E-state index in [9.17, 15) is 9.59 Å². The highest BCUT2D eigenvalue weighted by Gasteiger charge is 2.40. The Morgan fingerprint density at radius 3 is 2.93 bits per heavy atom. The molecular formula is C19H26N6O3. The van der Waals surface area contributed by atoms with Crippen molar-refractivity contribution in [1.29, 1.82) is 0 Å². The maximum absolute atomic E-state index is 12.1. The number of carbonyl (C=O) groups is 2. The summed E-state index contributed by atoms with van der Waals surface area (Å²) in [7, 11) is 1.82. The van der Waals surface area contributed by atoms with Crippen LogP contribution in [0.25, 0.3) is 0 Å². The summed E-state index contributed by atoms with van der Waals surface area (Å²) in [5, 5.41) is 17.1. The fraction of sp³-hybridized carbons (Fsp3) is 0.579. The van der Waals surface area contributed by atoms with Gasteiger partial charge in [-0.2, -0.15) is 10.2 Å². The number of anilines is 1. The van der Waals surface area contributed by atoms with Crippen LogP contribution in [0.1, 0.15) is 56.3 Å². The van der Waals surface area contributed by atoms with Crippen LogP contribution in [0.5, 0.6) is 0 Å². The molecule has 4 rings (SSSR count). The first-order valence-electron chi connectivity index (χ1n) is 9.71. The van der Waals surface area contributed by atoms with E-state index in [2.05, 4.69) is 25.9 Å². The Morgan fingerprint density at radius 2 is 2.21 bits per heavy atom. The first-order valence-corrected chi connectivity index (χ1v) is 9.71. The third kappa shape index (κ3) is 4.52. The number of rotatable bonds is 6. The summed E-state index contributed by atoms with van der Waals surface area (Å²) >= 11 is 0. The Morgan fingerprint density at radius 1 is 1.39 bits per heavy atom. The summed E-state index contributed by atoms with van der Waals surface area (Å²) in [6.07, 6.45) is 6.13. The highest BCUT2D eigenvalue weighted by Crippen LogP contribution is 2.37. The lowest BCUT2D eigenvalue weighted by atomic mass is 10.0. The molecule has 2 fully saturated rings. The average molecular weight is 386 g/mol. The van der Waals surface area contributed by atoms with Gasteiger partial charge < -0.3 is 15.4 Å². The predicted octanol–water partition coefficient (Wildman–Crippen LogP) is 2.24. The summed E-state index contributed by atoms with van der Waals surface area (Å²) in [4.78, 5) is 24.1. The third-order valence-corrected chi connectivity index (χ3v) is 5.48. The van der Waals surface area contributed by atoms with Gasteiger partial charge in [0.2, 0.25) is 5.91 Å². The van der Waals surface area contributed by atoms with Crippen LogP contribution in [0, 0.1) is 0 Å². The van der Waals surface area contributed by atoms with Gasteiger partial charge in [-0.15, -0.1) is 0 Å². The molecular weight excluding hydrogens is 360 g/mol. The zero-order chi connectivity index (χ0) is 19.7. The van der Waals surface area contributed by atoms with Crippen LogP contribution in [0.15, 0.2) is 18.3 Å². The Bertz CT molecular complexity index is 869. The molecule has 2 heterocycles. The van der Waals surface area contributed by atoms with Gasteiger partial charge in [0.1, 0.15) is 6.10 Å². The monoisotopic (exact) mass is 386 g/mol. The molecule has 0 spiro atoms. The van der Waals surface area contributed by atoms with Crippen LogP contribution < -0.4 is 10.6 Å². The van der Waals surface area contributed by atoms with E-state index in [1.807, 2.05) is 26.1 Å². The second-order valence-corrected chi connectivity index (χ2v) is 8.14. The first-order chi connectivity index (χ1) is 13.4. The van der Waals surface area contributed by atoms with Crippen molar-refractivity contribution in [1.82, 2.24) is 25.3 Å². The second-order valence-electron chi connectivity index (χ2n) is 8.14. The summed E-state index contributed by atoms with van der Waals surface area (Å²) in [6.45, 7) is 2.03. The van der Waals surface area contributed by atoms with Crippen molar-refractivity contribution >= 4 is 17.8 Å². The topological polar surface area (TPSA) is 114 Å². The van der Waals surface area contributed by atoms with E-state index in [-0.39, 0.29) is 36.0 Å². The van der Waals surface area contributed by atoms with Gasteiger partial charge in [0, 0.05) is 36.5 Å². The number of ether oxygens (including phenoxy) is 1. The minimum Gasteiger partial charge on any atom is -0.446 e. The number of carbonyl (C=O) groups excluding carboxylic acids is 2. The lowest BCUT2D eigenvalue weighted by molar-refractivity contribution is -0.115. The molecule has 0 aliphatic heterocycles. The number of aryl methyl sites for hydroxylation is 1. The van der Waals surface area contributed by atoms with Crippen LogP contribution in [-0.4, -0.2) is 43.6 Å². The molecule has 28 heavy (non-hydrogen) atoms. The first kappa shape index (κ1) is 18.5. The average Bonchev–Trinajstić information content (AvgIpc) is 3.05. The third-order valence-electron chi connectivity index (χ3n) is 5.48. The molecule has 2 amide bonds. The molecule has 2 aromatic heterocycles. The highest BCUT2D eigenvalue weighted by molar-refractivity contribution is 5.91. The lowest BCUT2D eigenvalue weighted by Gasteiger charge is -2.16. The fourth-order valence-electron chi connectivity index (χ4n) is 3.59. The quantitative estimate of drug-likeness (QED) is 0.704. The van der Waals surface area contributed by atoms with Crippen LogP contribution in [0.3, 0.4) is 0 Å². The van der Waals surface area contributed by atoms with E-state index in [4.69, 9.17) is 4.74 Å². The lowest BCUT2D eigenvalue weighted by Crippen LogP contribution is -2.36. The zero-order valence-corrected chi connectivity index (χ0v) is 16.2. The largest absolute Gasteiger partial charge is 0.446 e. The smallest absolute Gasteiger partial charge is 0.407 e. The van der Waals surface area contributed by atoms with Gasteiger partial charge in [0.25, 0.3) is 0 Å². The van der Waals surface area contributed by atoms with Crippen molar-refractivity contribution in [2.45, 2.75) is 63.0 Å². The van der Waals surface area contributed by atoms with Gasteiger partial charge in [-0.3, -0.25) is 14.6 Å². The molecule has 2 aromatic rings. The number of hydrogen-bond donors (Lipinski definition) is 3. The SMILES string of the molecule is Cn1ccc(CC(=O)Nc2cc([C@H]3CC[C@@H](OC(=O)NC4(C)CC4)C3)[nH]n2)n1. The molecule has 9 nitrogen and oxygen atoms in total. The van der Waals surface area contributed by atoms with Gasteiger partial charge >= 0.3 is 6.09 Å². The molecule has 3 N–H and O–H groups in total. The molecule has 0 aromatic carbocycles. The van der Waals surface area contributed by atoms with E-state index in [1.54, 1.807) is 10.9 Å². The summed E-state index contributed by atoms with van der Waals surface area (Å²) in [5.74, 6) is 0.581. The molecule has 2 aliphatic carbocycles. The number of nitrogens with one attached hydrogen (secondary N) is 3. The van der Waals surface area contributed by atoms with Gasteiger partial charge in [-0.05, 0) is 45.1 Å². The molecule has 9 heteroatoms. The van der Waals surface area contributed by atoms with E-state index < -0.39 is 0 Å². The van der Waals surface area contributed by atoms with Crippen LogP contribution in [0.2, 0.25) is 0 Å². The minimum absolute atomic E-state index is 0.0686. The van der Waals surface area contributed by atoms with Crippen LogP contribution in [0.4, 0.5) is 10.6 Å². The van der Waals surface area contributed by atoms with Gasteiger partial charge in [0.15, 0.2) is 5.82 Å². The van der Waals surface area contributed by atoms with Crippen LogP contribution in [-0.2, 0) is 23.0 Å². The Kier molecular flexibility index (Phi) is 4.82. The highest BCUT2D eigenvalue weighted by atomic mass is 16.6. The number of hydrogen-bond acceptors (Lipinski definition) is 5. The standard InChI is InChI=1S/C19H26N6O3/c1-19(6-7-19)21-18(27)28-14-4-3-12(9-14)15-11-16(23-22-15)20-17(26)10-13-5-8-25(2)24-13/h5,8,11-12,14H,3-4,6-7,9-10H2,1-2H3,(H,21,27)(H2,20,22,23,26)/t12-,14+/m0/s1. The summed E-state index contributed by atoms with van der Waals surface area (Å²) in [5.41, 5.74) is 1.60. The minimum atomic E-state index is -0.322. The summed E-state index contributed by atoms with van der Waals surface area (Å²) in [6, 6.07) is 3.67. The summed E-state index contributed by atoms with van der Waals surface area (Å²) < 4.78 is 7.22. The van der Waals surface area contributed by atoms with Crippen molar-refractivity contribution in [3.8, 4) is 0 Å². The van der Waals surface area contributed by atoms with Crippen LogP contribution >= 0.6 is 0 Å². The number of aromatic nitrogens is 4. The van der Waals surface area contributed by atoms with E-state index in [0.29, 0.717) is 11.5 Å². The number of alkyl carbamates (subject to hydrolysis) is 1. The molecule has 2 saturated carbocycles. The maximum atomic E-state index is 12.1. The van der Waals surface area contributed by atoms with Crippen molar-refractivity contribution in [3.63, 3.8) is 0 Å². The van der Waals surface area contributed by atoms with E-state index >= 15 is 0 Å². The van der Waals surface area contributed by atoms with E-state index in [1.165, 1.54) is 0 Å². The maximum Gasteiger partial charge on any atom is 0.407 e. The van der Waals surface area contributed by atoms with E-state index in [0.717, 1.165) is 37.8 Å². The van der Waals surface area contributed by atoms with Crippen molar-refractivity contribution < 1.29 is 14.3 Å². The van der Waals surface area contributed by atoms with Crippen molar-refractivity contribution in [2.75, 3.05) is 5.32 Å². The fourth-order valence-corrected chi connectivity index (χ4v) is 3.59.